The van der Waals surface area contributed by atoms with Crippen LogP contribution >= 0.6 is 0 Å². The van der Waals surface area contributed by atoms with Crippen molar-refractivity contribution in [1.29, 1.82) is 0 Å². The minimum atomic E-state index is 0.119. The molecule has 2 heteroatoms. The van der Waals surface area contributed by atoms with Crippen molar-refractivity contribution in [3.05, 3.63) is 76.9 Å². The van der Waals surface area contributed by atoms with Gasteiger partial charge < -0.3 is 0 Å². The van der Waals surface area contributed by atoms with Crippen LogP contribution in [0.5, 0.6) is 0 Å². The fourth-order valence-corrected chi connectivity index (χ4v) is 3.30. The molecule has 0 aromatic heterocycles. The quantitative estimate of drug-likeness (QED) is 0.410. The second kappa shape index (κ2) is 10.2. The van der Waals surface area contributed by atoms with Crippen LogP contribution in [0.25, 0.3) is 6.08 Å². The predicted octanol–water partition coefficient (Wildman–Crippen LogP) is 5.88. The lowest BCUT2D eigenvalue weighted by atomic mass is 9.99. The molecule has 2 rings (SSSR count). The Morgan fingerprint density at radius 1 is 0.889 bits per heavy atom. The lowest BCUT2D eigenvalue weighted by molar-refractivity contribution is 0.102. The SMILES string of the molecule is Cc1ccc(/C=C(\CN(CC(C)C)CC(C)C)C(=O)c2ccccc2)cc1. The molecule has 0 aliphatic carbocycles. The third-order valence-corrected chi connectivity index (χ3v) is 4.39. The third-order valence-electron chi connectivity index (χ3n) is 4.39. The van der Waals surface area contributed by atoms with Gasteiger partial charge >= 0.3 is 0 Å². The first-order valence-corrected chi connectivity index (χ1v) is 9.94. The molecule has 0 heterocycles. The van der Waals surface area contributed by atoms with Crippen molar-refractivity contribution >= 4 is 11.9 Å². The molecular formula is C25H33NO. The van der Waals surface area contributed by atoms with Crippen LogP contribution in [0.15, 0.2) is 60.2 Å². The molecule has 2 nitrogen and oxygen atoms in total. The van der Waals surface area contributed by atoms with Crippen LogP contribution in [0.1, 0.15) is 49.2 Å². The Bertz CT molecular complexity index is 732. The molecule has 0 amide bonds. The summed E-state index contributed by atoms with van der Waals surface area (Å²) in [6, 6.07) is 18.0. The molecular weight excluding hydrogens is 330 g/mol. The zero-order valence-corrected chi connectivity index (χ0v) is 17.4. The van der Waals surface area contributed by atoms with Gasteiger partial charge in [-0.2, -0.15) is 0 Å². The number of Topliss-reactive ketones (excluding diaryl/α,β-unsaturated/α-hetero) is 1. The molecule has 0 atom stereocenters. The van der Waals surface area contributed by atoms with E-state index in [4.69, 9.17) is 0 Å². The summed E-state index contributed by atoms with van der Waals surface area (Å²) in [5.41, 5.74) is 3.91. The summed E-state index contributed by atoms with van der Waals surface area (Å²) in [5.74, 6) is 1.25. The minimum Gasteiger partial charge on any atom is -0.298 e. The maximum absolute atomic E-state index is 13.2. The third kappa shape index (κ3) is 7.15. The second-order valence-electron chi connectivity index (χ2n) is 8.26. The monoisotopic (exact) mass is 363 g/mol. The number of aryl methyl sites for hydroxylation is 1. The van der Waals surface area contributed by atoms with Crippen LogP contribution < -0.4 is 0 Å². The van der Waals surface area contributed by atoms with E-state index in [2.05, 4.69) is 69.9 Å². The van der Waals surface area contributed by atoms with E-state index in [1.807, 2.05) is 30.3 Å². The zero-order chi connectivity index (χ0) is 19.8. The first kappa shape index (κ1) is 21.1. The van der Waals surface area contributed by atoms with Crippen molar-refractivity contribution in [2.75, 3.05) is 19.6 Å². The van der Waals surface area contributed by atoms with E-state index in [9.17, 15) is 4.79 Å². The smallest absolute Gasteiger partial charge is 0.190 e. The van der Waals surface area contributed by atoms with E-state index in [1.54, 1.807) is 0 Å². The van der Waals surface area contributed by atoms with Gasteiger partial charge in [-0.1, -0.05) is 87.9 Å². The second-order valence-corrected chi connectivity index (χ2v) is 8.26. The van der Waals surface area contributed by atoms with Crippen LogP contribution in [0.3, 0.4) is 0 Å². The number of hydrogen-bond donors (Lipinski definition) is 0. The van der Waals surface area contributed by atoms with Gasteiger partial charge in [-0.3, -0.25) is 9.69 Å². The maximum Gasteiger partial charge on any atom is 0.190 e. The number of nitrogens with zero attached hydrogens (tertiary/aromatic N) is 1. The molecule has 0 aliphatic heterocycles. The van der Waals surface area contributed by atoms with Crippen molar-refractivity contribution in [3.8, 4) is 0 Å². The minimum absolute atomic E-state index is 0.119. The Kier molecular flexibility index (Phi) is 7.99. The summed E-state index contributed by atoms with van der Waals surface area (Å²) >= 11 is 0. The molecule has 2 aromatic carbocycles. The number of ketones is 1. The van der Waals surface area contributed by atoms with Gasteiger partial charge in [0.15, 0.2) is 5.78 Å². The van der Waals surface area contributed by atoms with Gasteiger partial charge in [-0.15, -0.1) is 0 Å². The fourth-order valence-electron chi connectivity index (χ4n) is 3.30. The Balaban J connectivity index is 2.35. The summed E-state index contributed by atoms with van der Waals surface area (Å²) in [6.45, 7) is 13.7. The Labute approximate surface area is 164 Å². The van der Waals surface area contributed by atoms with Gasteiger partial charge in [-0.25, -0.2) is 0 Å². The lowest BCUT2D eigenvalue weighted by Crippen LogP contribution is -2.34. The summed E-state index contributed by atoms with van der Waals surface area (Å²) in [4.78, 5) is 15.6. The van der Waals surface area contributed by atoms with Crippen LogP contribution in [0, 0.1) is 18.8 Å². The van der Waals surface area contributed by atoms with Crippen LogP contribution in [-0.4, -0.2) is 30.3 Å². The van der Waals surface area contributed by atoms with E-state index in [0.717, 1.165) is 29.8 Å². The van der Waals surface area contributed by atoms with Gasteiger partial charge in [0.25, 0.3) is 0 Å². The largest absolute Gasteiger partial charge is 0.298 e. The summed E-state index contributed by atoms with van der Waals surface area (Å²) in [6.07, 6.45) is 2.06. The van der Waals surface area contributed by atoms with Crippen LogP contribution in [0.2, 0.25) is 0 Å². The van der Waals surface area contributed by atoms with Gasteiger partial charge in [0.2, 0.25) is 0 Å². The highest BCUT2D eigenvalue weighted by molar-refractivity contribution is 6.11. The highest BCUT2D eigenvalue weighted by Crippen LogP contribution is 2.17. The van der Waals surface area contributed by atoms with Gasteiger partial charge in [0.05, 0.1) is 0 Å². The molecule has 144 valence electrons. The van der Waals surface area contributed by atoms with E-state index in [0.29, 0.717) is 18.4 Å². The molecule has 2 aromatic rings. The summed E-state index contributed by atoms with van der Waals surface area (Å²) < 4.78 is 0. The molecule has 0 unspecified atom stereocenters. The highest BCUT2D eigenvalue weighted by atomic mass is 16.1. The van der Waals surface area contributed by atoms with E-state index < -0.39 is 0 Å². The lowest BCUT2D eigenvalue weighted by Gasteiger charge is -2.27. The van der Waals surface area contributed by atoms with Gasteiger partial charge in [0.1, 0.15) is 0 Å². The number of benzene rings is 2. The van der Waals surface area contributed by atoms with Crippen LogP contribution in [0.4, 0.5) is 0 Å². The molecule has 0 saturated carbocycles. The number of carbonyl (C=O) groups excluding carboxylic acids is 1. The summed E-state index contributed by atoms with van der Waals surface area (Å²) in [5, 5.41) is 0. The van der Waals surface area contributed by atoms with Crippen molar-refractivity contribution in [2.24, 2.45) is 11.8 Å². The fraction of sp³-hybridized carbons (Fsp3) is 0.400. The number of carbonyl (C=O) groups is 1. The predicted molar refractivity (Wildman–Crippen MR) is 116 cm³/mol. The zero-order valence-electron chi connectivity index (χ0n) is 17.4. The topological polar surface area (TPSA) is 20.3 Å². The molecule has 0 fully saturated rings. The summed E-state index contributed by atoms with van der Waals surface area (Å²) in [7, 11) is 0. The standard InChI is InChI=1S/C25H33NO/c1-19(2)16-26(17-20(3)4)18-24(15-22-13-11-21(5)12-14-22)25(27)23-9-7-6-8-10-23/h6-15,19-20H,16-18H2,1-5H3/b24-15+. The molecule has 0 N–H and O–H groups in total. The highest BCUT2D eigenvalue weighted by Gasteiger charge is 2.18. The Hall–Kier alpha value is -2.19. The average molecular weight is 364 g/mol. The Morgan fingerprint density at radius 3 is 1.96 bits per heavy atom. The number of rotatable bonds is 9. The normalized spacial score (nSPS) is 12.2. The van der Waals surface area contributed by atoms with E-state index in [1.165, 1.54) is 5.56 Å². The van der Waals surface area contributed by atoms with E-state index >= 15 is 0 Å². The van der Waals surface area contributed by atoms with Gasteiger partial charge in [0, 0.05) is 30.8 Å². The van der Waals surface area contributed by atoms with Crippen molar-refractivity contribution in [3.63, 3.8) is 0 Å². The molecule has 0 bridgehead atoms. The molecule has 0 spiro atoms. The number of hydrogen-bond acceptors (Lipinski definition) is 2. The van der Waals surface area contributed by atoms with Crippen molar-refractivity contribution < 1.29 is 4.79 Å². The maximum atomic E-state index is 13.2. The Morgan fingerprint density at radius 2 is 1.44 bits per heavy atom. The first-order valence-electron chi connectivity index (χ1n) is 9.94. The van der Waals surface area contributed by atoms with Crippen molar-refractivity contribution in [2.45, 2.75) is 34.6 Å². The van der Waals surface area contributed by atoms with Gasteiger partial charge in [-0.05, 0) is 30.4 Å². The van der Waals surface area contributed by atoms with Crippen LogP contribution in [-0.2, 0) is 0 Å². The van der Waals surface area contributed by atoms with Crippen molar-refractivity contribution in [1.82, 2.24) is 4.90 Å². The molecule has 0 saturated heterocycles. The average Bonchev–Trinajstić information content (AvgIpc) is 2.62. The molecule has 27 heavy (non-hydrogen) atoms. The first-order chi connectivity index (χ1) is 12.8. The molecule has 0 radical (unpaired) electrons. The van der Waals surface area contributed by atoms with E-state index in [-0.39, 0.29) is 5.78 Å². The molecule has 0 aliphatic rings.